The van der Waals surface area contributed by atoms with Gasteiger partial charge in [0, 0.05) is 19.4 Å². The summed E-state index contributed by atoms with van der Waals surface area (Å²) in [6.45, 7) is 3.52. The smallest absolute Gasteiger partial charge is 0.258 e. The third-order valence-corrected chi connectivity index (χ3v) is 4.23. The Morgan fingerprint density at radius 1 is 1.40 bits per heavy atom. The Balaban J connectivity index is 1.51. The summed E-state index contributed by atoms with van der Waals surface area (Å²) < 4.78 is 10.9. The van der Waals surface area contributed by atoms with Crippen molar-refractivity contribution in [1.29, 1.82) is 0 Å². The lowest BCUT2D eigenvalue weighted by Crippen LogP contribution is -2.43. The van der Waals surface area contributed by atoms with Gasteiger partial charge in [0.2, 0.25) is 5.91 Å². The number of aromatic nitrogens is 2. The number of nitrogens with one attached hydrogen (secondary N) is 2. The number of H-pyrrole nitrogens is 1. The number of hydrogen-bond donors (Lipinski definition) is 2. The van der Waals surface area contributed by atoms with Crippen molar-refractivity contribution in [3.63, 3.8) is 0 Å². The molecule has 1 saturated heterocycles. The summed E-state index contributed by atoms with van der Waals surface area (Å²) in [4.78, 5) is 31.4. The normalized spacial score (nSPS) is 20.0. The zero-order chi connectivity index (χ0) is 17.6. The fraction of sp³-hybridized carbons (Fsp3) is 0.500. The second-order valence-electron chi connectivity index (χ2n) is 6.09. The molecule has 3 rings (SSSR count). The number of fused-ring (bicyclic) bond motifs is 1. The van der Waals surface area contributed by atoms with Crippen LogP contribution in [0.1, 0.15) is 25.6 Å². The lowest BCUT2D eigenvalue weighted by molar-refractivity contribution is -0.122. The SMILES string of the molecule is CCO[C@@H]1COC[C@H]1NC(=O)CCCc1nc2ccccc2c(=O)[nH]1. The minimum atomic E-state index is -0.146. The van der Waals surface area contributed by atoms with Crippen molar-refractivity contribution >= 4 is 16.8 Å². The average Bonchev–Trinajstić information content (AvgIpc) is 3.02. The van der Waals surface area contributed by atoms with Gasteiger partial charge in [-0.15, -0.1) is 0 Å². The van der Waals surface area contributed by atoms with E-state index in [0.717, 1.165) is 0 Å². The Hall–Kier alpha value is -2.25. The van der Waals surface area contributed by atoms with Crippen molar-refractivity contribution in [3.05, 3.63) is 40.4 Å². The van der Waals surface area contributed by atoms with Crippen molar-refractivity contribution in [2.45, 2.75) is 38.3 Å². The molecule has 0 bridgehead atoms. The van der Waals surface area contributed by atoms with Crippen molar-refractivity contribution < 1.29 is 14.3 Å². The fourth-order valence-electron chi connectivity index (χ4n) is 3.00. The maximum Gasteiger partial charge on any atom is 0.258 e. The summed E-state index contributed by atoms with van der Waals surface area (Å²) in [5.41, 5.74) is 0.529. The number of aromatic amines is 1. The predicted molar refractivity (Wildman–Crippen MR) is 93.5 cm³/mol. The third-order valence-electron chi connectivity index (χ3n) is 4.23. The molecule has 134 valence electrons. The predicted octanol–water partition coefficient (Wildman–Crippen LogP) is 1.17. The molecule has 25 heavy (non-hydrogen) atoms. The van der Waals surface area contributed by atoms with E-state index >= 15 is 0 Å². The van der Waals surface area contributed by atoms with Gasteiger partial charge >= 0.3 is 0 Å². The van der Waals surface area contributed by atoms with E-state index in [4.69, 9.17) is 9.47 Å². The van der Waals surface area contributed by atoms with E-state index in [1.54, 1.807) is 6.07 Å². The highest BCUT2D eigenvalue weighted by molar-refractivity contribution is 5.77. The largest absolute Gasteiger partial charge is 0.376 e. The number of amides is 1. The summed E-state index contributed by atoms with van der Waals surface area (Å²) in [5, 5.41) is 3.54. The third kappa shape index (κ3) is 4.43. The molecule has 1 aliphatic heterocycles. The first-order valence-corrected chi connectivity index (χ1v) is 8.64. The monoisotopic (exact) mass is 345 g/mol. The van der Waals surface area contributed by atoms with E-state index in [2.05, 4.69) is 15.3 Å². The molecular formula is C18H23N3O4. The van der Waals surface area contributed by atoms with Crippen LogP contribution in [-0.2, 0) is 20.7 Å². The second kappa shape index (κ2) is 8.22. The molecule has 0 unspecified atom stereocenters. The van der Waals surface area contributed by atoms with Gasteiger partial charge in [-0.25, -0.2) is 4.98 Å². The minimum Gasteiger partial charge on any atom is -0.376 e. The first kappa shape index (κ1) is 17.6. The fourth-order valence-corrected chi connectivity index (χ4v) is 3.00. The Kier molecular flexibility index (Phi) is 5.78. The van der Waals surface area contributed by atoms with Gasteiger partial charge in [-0.1, -0.05) is 12.1 Å². The van der Waals surface area contributed by atoms with Gasteiger partial charge in [-0.3, -0.25) is 9.59 Å². The number of nitrogens with zero attached hydrogens (tertiary/aromatic N) is 1. The molecule has 1 fully saturated rings. The van der Waals surface area contributed by atoms with Crippen LogP contribution in [0.25, 0.3) is 10.9 Å². The van der Waals surface area contributed by atoms with Crippen LogP contribution in [0.4, 0.5) is 0 Å². The first-order chi connectivity index (χ1) is 12.2. The van der Waals surface area contributed by atoms with Crippen LogP contribution in [0, 0.1) is 0 Å². The van der Waals surface area contributed by atoms with Gasteiger partial charge in [0.05, 0.1) is 30.2 Å². The highest BCUT2D eigenvalue weighted by Crippen LogP contribution is 2.11. The topological polar surface area (TPSA) is 93.3 Å². The number of carbonyl (C=O) groups is 1. The number of rotatable bonds is 7. The lowest BCUT2D eigenvalue weighted by atomic mass is 10.1. The molecule has 2 aromatic rings. The summed E-state index contributed by atoms with van der Waals surface area (Å²) in [5.74, 6) is 0.566. The summed E-state index contributed by atoms with van der Waals surface area (Å²) in [7, 11) is 0. The quantitative estimate of drug-likeness (QED) is 0.786. The van der Waals surface area contributed by atoms with Gasteiger partial charge in [-0.2, -0.15) is 0 Å². The van der Waals surface area contributed by atoms with E-state index in [0.29, 0.717) is 55.8 Å². The highest BCUT2D eigenvalue weighted by atomic mass is 16.5. The first-order valence-electron chi connectivity index (χ1n) is 8.64. The van der Waals surface area contributed by atoms with Gasteiger partial charge in [-0.05, 0) is 25.5 Å². The standard InChI is InChI=1S/C18H23N3O4/c1-2-25-15-11-24-10-14(15)20-17(22)9-5-8-16-19-13-7-4-3-6-12(13)18(23)21-16/h3-4,6-7,14-15H,2,5,8-11H2,1H3,(H,20,22)(H,19,21,23)/t14-,15-/m1/s1. The molecule has 1 amide bonds. The minimum absolute atomic E-state index is 0.0386. The van der Waals surface area contributed by atoms with E-state index in [1.807, 2.05) is 25.1 Å². The molecule has 1 aromatic carbocycles. The number of ether oxygens (including phenoxy) is 2. The van der Waals surface area contributed by atoms with Crippen LogP contribution >= 0.6 is 0 Å². The van der Waals surface area contributed by atoms with E-state index < -0.39 is 0 Å². The average molecular weight is 345 g/mol. The molecule has 0 aliphatic carbocycles. The van der Waals surface area contributed by atoms with Gasteiger partial charge in [0.15, 0.2) is 0 Å². The number of benzene rings is 1. The van der Waals surface area contributed by atoms with Crippen molar-refractivity contribution in [3.8, 4) is 0 Å². The Labute approximate surface area is 145 Å². The molecule has 1 aliphatic rings. The second-order valence-corrected chi connectivity index (χ2v) is 6.09. The van der Waals surface area contributed by atoms with Crippen LogP contribution in [0.2, 0.25) is 0 Å². The molecule has 7 heteroatoms. The van der Waals surface area contributed by atoms with E-state index in [9.17, 15) is 9.59 Å². The van der Waals surface area contributed by atoms with Gasteiger partial charge in [0.25, 0.3) is 5.56 Å². The lowest BCUT2D eigenvalue weighted by Gasteiger charge is -2.18. The highest BCUT2D eigenvalue weighted by Gasteiger charge is 2.29. The molecule has 2 atom stereocenters. The van der Waals surface area contributed by atoms with Crippen molar-refractivity contribution in [2.24, 2.45) is 0 Å². The van der Waals surface area contributed by atoms with Crippen LogP contribution < -0.4 is 10.9 Å². The zero-order valence-electron chi connectivity index (χ0n) is 14.3. The van der Waals surface area contributed by atoms with E-state index in [1.165, 1.54) is 0 Å². The van der Waals surface area contributed by atoms with Crippen LogP contribution in [0.3, 0.4) is 0 Å². The number of aryl methyl sites for hydroxylation is 1. The summed E-state index contributed by atoms with van der Waals surface area (Å²) >= 11 is 0. The van der Waals surface area contributed by atoms with Gasteiger partial charge < -0.3 is 19.8 Å². The van der Waals surface area contributed by atoms with Gasteiger partial charge in [0.1, 0.15) is 11.9 Å². The molecular weight excluding hydrogens is 322 g/mol. The molecule has 0 spiro atoms. The molecule has 0 saturated carbocycles. The Bertz CT molecular complexity index is 789. The molecule has 2 N–H and O–H groups in total. The zero-order valence-corrected chi connectivity index (χ0v) is 14.3. The molecule has 1 aromatic heterocycles. The maximum atomic E-state index is 12.1. The van der Waals surface area contributed by atoms with E-state index in [-0.39, 0.29) is 23.6 Å². The van der Waals surface area contributed by atoms with Crippen molar-refractivity contribution in [2.75, 3.05) is 19.8 Å². The van der Waals surface area contributed by atoms with Crippen LogP contribution in [-0.4, -0.2) is 47.8 Å². The number of carbonyl (C=O) groups excluding carboxylic acids is 1. The van der Waals surface area contributed by atoms with Crippen molar-refractivity contribution in [1.82, 2.24) is 15.3 Å². The molecule has 7 nitrogen and oxygen atoms in total. The Morgan fingerprint density at radius 3 is 3.08 bits per heavy atom. The summed E-state index contributed by atoms with van der Waals surface area (Å²) in [6, 6.07) is 7.13. The maximum absolute atomic E-state index is 12.1. The molecule has 2 heterocycles. The summed E-state index contributed by atoms with van der Waals surface area (Å²) in [6.07, 6.45) is 1.45. The van der Waals surface area contributed by atoms with Crippen LogP contribution in [0.5, 0.6) is 0 Å². The molecule has 0 radical (unpaired) electrons. The number of hydrogen-bond acceptors (Lipinski definition) is 5. The van der Waals surface area contributed by atoms with Crippen LogP contribution in [0.15, 0.2) is 29.1 Å². The number of para-hydroxylation sites is 1. The Morgan fingerprint density at radius 2 is 2.24 bits per heavy atom.